The Hall–Kier alpha value is -2.63. The predicted octanol–water partition coefficient (Wildman–Crippen LogP) is 3.60. The Kier molecular flexibility index (Phi) is 7.16. The Morgan fingerprint density at radius 3 is 2.77 bits per heavy atom. The van der Waals surface area contributed by atoms with Crippen LogP contribution in [0, 0.1) is 0 Å². The summed E-state index contributed by atoms with van der Waals surface area (Å²) in [6.07, 6.45) is 6.39. The van der Waals surface area contributed by atoms with Gasteiger partial charge >= 0.3 is 0 Å². The highest BCUT2D eigenvalue weighted by atomic mass is 16.5. The molecule has 4 rings (SSSR count). The Labute approximate surface area is 178 Å². The average molecular weight is 407 g/mol. The van der Waals surface area contributed by atoms with E-state index in [2.05, 4.69) is 35.3 Å². The molecule has 1 fully saturated rings. The lowest BCUT2D eigenvalue weighted by molar-refractivity contribution is -0.133. The van der Waals surface area contributed by atoms with E-state index in [9.17, 15) is 4.79 Å². The molecule has 0 bridgehead atoms. The minimum Gasteiger partial charge on any atom is -0.492 e. The second-order valence-corrected chi connectivity index (χ2v) is 7.91. The summed E-state index contributed by atoms with van der Waals surface area (Å²) >= 11 is 0. The highest BCUT2D eigenvalue weighted by Crippen LogP contribution is 2.22. The second kappa shape index (κ2) is 10.4. The summed E-state index contributed by atoms with van der Waals surface area (Å²) in [5.41, 5.74) is 2.28. The molecule has 1 amide bonds. The Morgan fingerprint density at radius 1 is 1.10 bits per heavy atom. The molecule has 2 aliphatic heterocycles. The third-order valence-electron chi connectivity index (χ3n) is 5.63. The third-order valence-corrected chi connectivity index (χ3v) is 5.63. The van der Waals surface area contributed by atoms with E-state index >= 15 is 0 Å². The minimum atomic E-state index is 0.141. The van der Waals surface area contributed by atoms with Crippen LogP contribution in [0.4, 0.5) is 0 Å². The van der Waals surface area contributed by atoms with E-state index in [1.807, 2.05) is 41.3 Å². The molecule has 2 heterocycles. The molecular formula is C25H30N2O3. The number of rotatable bonds is 7. The molecule has 0 radical (unpaired) electrons. The van der Waals surface area contributed by atoms with E-state index in [0.29, 0.717) is 26.2 Å². The average Bonchev–Trinajstić information content (AvgIpc) is 3.19. The topological polar surface area (TPSA) is 42.0 Å². The van der Waals surface area contributed by atoms with Crippen LogP contribution < -0.4 is 4.74 Å². The summed E-state index contributed by atoms with van der Waals surface area (Å²) in [5, 5.41) is 0. The number of carbonyl (C=O) groups is 1. The van der Waals surface area contributed by atoms with Crippen molar-refractivity contribution in [2.45, 2.75) is 25.5 Å². The number of benzene rings is 2. The number of hydrogen-bond acceptors (Lipinski definition) is 4. The summed E-state index contributed by atoms with van der Waals surface area (Å²) in [6.45, 7) is 4.51. The number of ether oxygens (including phenoxy) is 2. The van der Waals surface area contributed by atoms with E-state index < -0.39 is 0 Å². The van der Waals surface area contributed by atoms with Gasteiger partial charge in [0.25, 0.3) is 0 Å². The zero-order valence-electron chi connectivity index (χ0n) is 17.4. The van der Waals surface area contributed by atoms with Gasteiger partial charge in [0.05, 0.1) is 12.6 Å². The van der Waals surface area contributed by atoms with E-state index in [4.69, 9.17) is 9.47 Å². The maximum atomic E-state index is 13.2. The van der Waals surface area contributed by atoms with Gasteiger partial charge in [-0.25, -0.2) is 0 Å². The summed E-state index contributed by atoms with van der Waals surface area (Å²) in [4.78, 5) is 17.3. The molecule has 0 aromatic heterocycles. The van der Waals surface area contributed by atoms with Crippen molar-refractivity contribution in [1.82, 2.24) is 9.80 Å². The van der Waals surface area contributed by atoms with Crippen LogP contribution in [0.1, 0.15) is 24.0 Å². The van der Waals surface area contributed by atoms with Crippen molar-refractivity contribution in [2.24, 2.45) is 0 Å². The summed E-state index contributed by atoms with van der Waals surface area (Å²) in [5.74, 6) is 1.07. The maximum absolute atomic E-state index is 13.2. The van der Waals surface area contributed by atoms with Crippen LogP contribution in [0.15, 0.2) is 60.7 Å². The van der Waals surface area contributed by atoms with Gasteiger partial charge in [0.2, 0.25) is 5.91 Å². The molecule has 30 heavy (non-hydrogen) atoms. The fourth-order valence-corrected chi connectivity index (χ4v) is 4.00. The smallest absolute Gasteiger partial charge is 0.237 e. The van der Waals surface area contributed by atoms with Crippen molar-refractivity contribution in [3.63, 3.8) is 0 Å². The summed E-state index contributed by atoms with van der Waals surface area (Å²) in [7, 11) is 0. The van der Waals surface area contributed by atoms with Gasteiger partial charge < -0.3 is 14.4 Å². The molecule has 0 N–H and O–H groups in total. The van der Waals surface area contributed by atoms with Gasteiger partial charge in [0.1, 0.15) is 12.4 Å². The highest BCUT2D eigenvalue weighted by Gasteiger charge is 2.24. The van der Waals surface area contributed by atoms with E-state index in [-0.39, 0.29) is 12.0 Å². The standard InChI is InChI=1S/C25H30N2O3/c28-25(20-26-15-17-30-24-13-5-4-11-22(24)18-26)27(19-23-12-7-16-29-23)14-6-10-21-8-2-1-3-9-21/h1-6,8-11,13,23H,7,12,14-20H2/b10-6+. The first-order valence-corrected chi connectivity index (χ1v) is 10.8. The quantitative estimate of drug-likeness (QED) is 0.705. The van der Waals surface area contributed by atoms with Crippen molar-refractivity contribution < 1.29 is 14.3 Å². The van der Waals surface area contributed by atoms with Gasteiger partial charge in [0.15, 0.2) is 0 Å². The van der Waals surface area contributed by atoms with Crippen molar-refractivity contribution in [2.75, 3.05) is 39.4 Å². The van der Waals surface area contributed by atoms with Crippen LogP contribution in [-0.4, -0.2) is 61.2 Å². The first-order valence-electron chi connectivity index (χ1n) is 10.8. The molecule has 5 nitrogen and oxygen atoms in total. The normalized spacial score (nSPS) is 19.3. The van der Waals surface area contributed by atoms with Gasteiger partial charge in [-0.2, -0.15) is 0 Å². The van der Waals surface area contributed by atoms with E-state index in [1.54, 1.807) is 0 Å². The Bertz CT molecular complexity index is 846. The van der Waals surface area contributed by atoms with Crippen LogP contribution in [0.3, 0.4) is 0 Å². The number of fused-ring (bicyclic) bond motifs is 1. The van der Waals surface area contributed by atoms with Crippen molar-refractivity contribution in [1.29, 1.82) is 0 Å². The molecular weight excluding hydrogens is 376 g/mol. The van der Waals surface area contributed by atoms with Crippen LogP contribution in [0.25, 0.3) is 6.08 Å². The molecule has 1 saturated heterocycles. The van der Waals surface area contributed by atoms with Crippen LogP contribution in [-0.2, 0) is 16.1 Å². The minimum absolute atomic E-state index is 0.141. The van der Waals surface area contributed by atoms with Gasteiger partial charge in [-0.1, -0.05) is 60.7 Å². The lowest BCUT2D eigenvalue weighted by Gasteiger charge is -2.27. The first-order chi connectivity index (χ1) is 14.8. The first kappa shape index (κ1) is 20.6. The van der Waals surface area contributed by atoms with Crippen LogP contribution in [0.2, 0.25) is 0 Å². The largest absolute Gasteiger partial charge is 0.492 e. The Morgan fingerprint density at radius 2 is 1.93 bits per heavy atom. The molecule has 0 spiro atoms. The second-order valence-electron chi connectivity index (χ2n) is 7.91. The molecule has 5 heteroatoms. The lowest BCUT2D eigenvalue weighted by atomic mass is 10.2. The Balaban J connectivity index is 1.40. The maximum Gasteiger partial charge on any atom is 0.237 e. The SMILES string of the molecule is O=C(CN1CCOc2ccccc2C1)N(C/C=C/c1ccccc1)CC1CCCO1. The molecule has 2 aromatic rings. The van der Waals surface area contributed by atoms with Gasteiger partial charge in [-0.3, -0.25) is 9.69 Å². The zero-order valence-corrected chi connectivity index (χ0v) is 17.4. The fraction of sp³-hybridized carbons (Fsp3) is 0.400. The molecule has 1 unspecified atom stereocenters. The molecule has 0 saturated carbocycles. The monoisotopic (exact) mass is 406 g/mol. The highest BCUT2D eigenvalue weighted by molar-refractivity contribution is 5.78. The van der Waals surface area contributed by atoms with Gasteiger partial charge in [-0.05, 0) is 24.5 Å². The third kappa shape index (κ3) is 5.71. The lowest BCUT2D eigenvalue weighted by Crippen LogP contribution is -2.44. The molecule has 1 atom stereocenters. The summed E-state index contributed by atoms with van der Waals surface area (Å²) in [6, 6.07) is 18.3. The van der Waals surface area contributed by atoms with Crippen molar-refractivity contribution >= 4 is 12.0 Å². The van der Waals surface area contributed by atoms with Gasteiger partial charge in [-0.15, -0.1) is 0 Å². The fourth-order valence-electron chi connectivity index (χ4n) is 4.00. The van der Waals surface area contributed by atoms with Crippen LogP contribution in [0.5, 0.6) is 5.75 Å². The molecule has 2 aromatic carbocycles. The van der Waals surface area contributed by atoms with E-state index in [0.717, 1.165) is 49.4 Å². The number of carbonyl (C=O) groups excluding carboxylic acids is 1. The van der Waals surface area contributed by atoms with Gasteiger partial charge in [0, 0.05) is 38.3 Å². The molecule has 158 valence electrons. The van der Waals surface area contributed by atoms with Crippen molar-refractivity contribution in [3.05, 3.63) is 71.8 Å². The number of para-hydroxylation sites is 1. The predicted molar refractivity (Wildman–Crippen MR) is 118 cm³/mol. The number of amides is 1. The number of nitrogens with zero attached hydrogens (tertiary/aromatic N) is 2. The van der Waals surface area contributed by atoms with E-state index in [1.165, 1.54) is 0 Å². The summed E-state index contributed by atoms with van der Waals surface area (Å²) < 4.78 is 11.6. The molecule has 0 aliphatic carbocycles. The number of hydrogen-bond donors (Lipinski definition) is 0. The zero-order chi connectivity index (χ0) is 20.6. The molecule has 2 aliphatic rings. The van der Waals surface area contributed by atoms with Crippen molar-refractivity contribution in [3.8, 4) is 5.75 Å². The van der Waals surface area contributed by atoms with Crippen LogP contribution >= 0.6 is 0 Å².